The number of carbonyl (C=O) groups is 1. The highest BCUT2D eigenvalue weighted by atomic mass is 35.5. The topological polar surface area (TPSA) is 46.5 Å². The molecule has 1 N–H and O–H groups in total. The normalized spacial score (nSPS) is 11.4. The molecule has 0 amide bonds. The first-order valence-corrected chi connectivity index (χ1v) is 8.58. The molecule has 0 fully saturated rings. The summed E-state index contributed by atoms with van der Waals surface area (Å²) in [6.07, 6.45) is -4.89. The van der Waals surface area contributed by atoms with E-state index in [1.165, 1.54) is 36.0 Å². The second kappa shape index (κ2) is 8.01. The van der Waals surface area contributed by atoms with Crippen molar-refractivity contribution in [3.63, 3.8) is 0 Å². The summed E-state index contributed by atoms with van der Waals surface area (Å²) in [6, 6.07) is 7.94. The zero-order chi connectivity index (χ0) is 18.6. The lowest BCUT2D eigenvalue weighted by atomic mass is 10.1. The summed E-state index contributed by atoms with van der Waals surface area (Å²) in [5.74, 6) is -0.753. The van der Waals surface area contributed by atoms with Crippen molar-refractivity contribution in [1.29, 1.82) is 0 Å². The maximum absolute atomic E-state index is 13.3. The minimum absolute atomic E-state index is 0.0464. The molecule has 0 saturated heterocycles. The minimum atomic E-state index is -4.58. The average Bonchev–Trinajstić information content (AvgIpc) is 2.46. The fourth-order valence-electron chi connectivity index (χ4n) is 2.16. The molecule has 0 bridgehead atoms. The Morgan fingerprint density at radius 3 is 2.56 bits per heavy atom. The quantitative estimate of drug-likeness (QED) is 0.625. The van der Waals surface area contributed by atoms with Crippen LogP contribution in [0.4, 0.5) is 13.2 Å². The first-order chi connectivity index (χ1) is 11.7. The van der Waals surface area contributed by atoms with Gasteiger partial charge in [-0.15, -0.1) is 11.8 Å². The molecular formula is C17H14ClF3O3S. The number of thioether (sulfide) groups is 1. The van der Waals surface area contributed by atoms with Crippen LogP contribution in [0.3, 0.4) is 0 Å². The highest BCUT2D eigenvalue weighted by Gasteiger charge is 2.35. The molecule has 8 heteroatoms. The number of rotatable bonds is 6. The molecule has 0 heterocycles. The molecule has 0 radical (unpaired) electrons. The first kappa shape index (κ1) is 19.5. The minimum Gasteiger partial charge on any atom is -0.481 e. The van der Waals surface area contributed by atoms with Crippen LogP contribution in [0, 0.1) is 0 Å². The average molecular weight is 391 g/mol. The Kier molecular flexibility index (Phi) is 6.24. The fourth-order valence-corrected chi connectivity index (χ4v) is 3.11. The lowest BCUT2D eigenvalue weighted by Crippen LogP contribution is -2.07. The molecule has 0 aromatic heterocycles. The van der Waals surface area contributed by atoms with Crippen LogP contribution in [-0.2, 0) is 17.4 Å². The first-order valence-electron chi connectivity index (χ1n) is 7.22. The van der Waals surface area contributed by atoms with Gasteiger partial charge in [0.1, 0.15) is 11.5 Å². The second-order valence-electron chi connectivity index (χ2n) is 5.06. The Bertz CT molecular complexity index is 778. The SMILES string of the molecule is CCSc1ccc(Oc2cc(Cl)cc(CC(=O)O)c2)c(C(F)(F)F)c1. The summed E-state index contributed by atoms with van der Waals surface area (Å²) in [7, 11) is 0. The molecule has 25 heavy (non-hydrogen) atoms. The van der Waals surface area contributed by atoms with Gasteiger partial charge in [-0.25, -0.2) is 0 Å². The van der Waals surface area contributed by atoms with Gasteiger partial charge in [-0.05, 0) is 47.7 Å². The predicted octanol–water partition coefficient (Wildman–Crippen LogP) is 5.89. The van der Waals surface area contributed by atoms with Crippen molar-refractivity contribution in [2.45, 2.75) is 24.4 Å². The maximum atomic E-state index is 13.3. The molecule has 0 aliphatic heterocycles. The summed E-state index contributed by atoms with van der Waals surface area (Å²) >= 11 is 7.19. The zero-order valence-corrected chi connectivity index (χ0v) is 14.6. The number of alkyl halides is 3. The standard InChI is InChI=1S/C17H14ClF3O3S/c1-2-25-13-3-4-15(14(9-13)17(19,20)21)24-12-6-10(7-16(22)23)5-11(18)8-12/h3-6,8-9H,2,7H2,1H3,(H,22,23). The Labute approximate surface area is 151 Å². The highest BCUT2D eigenvalue weighted by Crippen LogP contribution is 2.40. The maximum Gasteiger partial charge on any atom is 0.420 e. The number of halogens is 4. The number of carboxylic acids is 1. The van der Waals surface area contributed by atoms with Crippen LogP contribution < -0.4 is 4.74 Å². The van der Waals surface area contributed by atoms with Crippen molar-refractivity contribution in [1.82, 2.24) is 0 Å². The smallest absolute Gasteiger partial charge is 0.420 e. The van der Waals surface area contributed by atoms with E-state index in [4.69, 9.17) is 21.4 Å². The van der Waals surface area contributed by atoms with Crippen LogP contribution >= 0.6 is 23.4 Å². The van der Waals surface area contributed by atoms with Crippen molar-refractivity contribution >= 4 is 29.3 Å². The van der Waals surface area contributed by atoms with Gasteiger partial charge in [-0.3, -0.25) is 4.79 Å². The Morgan fingerprint density at radius 2 is 1.96 bits per heavy atom. The van der Waals surface area contributed by atoms with Crippen LogP contribution in [0.25, 0.3) is 0 Å². The molecule has 134 valence electrons. The Balaban J connectivity index is 2.39. The number of benzene rings is 2. The van der Waals surface area contributed by atoms with E-state index in [2.05, 4.69) is 0 Å². The monoisotopic (exact) mass is 390 g/mol. The molecule has 2 aromatic rings. The Morgan fingerprint density at radius 1 is 1.24 bits per heavy atom. The van der Waals surface area contributed by atoms with Crippen LogP contribution in [0.1, 0.15) is 18.1 Å². The van der Waals surface area contributed by atoms with Gasteiger partial charge in [0.25, 0.3) is 0 Å². The molecule has 2 aromatic carbocycles. The van der Waals surface area contributed by atoms with Crippen molar-refractivity contribution in [3.8, 4) is 11.5 Å². The van der Waals surface area contributed by atoms with E-state index in [0.29, 0.717) is 16.2 Å². The molecule has 0 saturated carbocycles. The summed E-state index contributed by atoms with van der Waals surface area (Å²) in [6.45, 7) is 1.85. The van der Waals surface area contributed by atoms with Crippen LogP contribution in [0.2, 0.25) is 5.02 Å². The number of hydrogen-bond acceptors (Lipinski definition) is 3. The Hall–Kier alpha value is -1.86. The largest absolute Gasteiger partial charge is 0.481 e. The number of ether oxygens (including phenoxy) is 1. The lowest BCUT2D eigenvalue weighted by Gasteiger charge is -2.15. The van der Waals surface area contributed by atoms with Gasteiger partial charge in [0.15, 0.2) is 0 Å². The van der Waals surface area contributed by atoms with E-state index < -0.39 is 17.7 Å². The van der Waals surface area contributed by atoms with Crippen molar-refractivity contribution < 1.29 is 27.8 Å². The molecule has 0 spiro atoms. The number of aliphatic carboxylic acids is 1. The fraction of sp³-hybridized carbons (Fsp3) is 0.235. The van der Waals surface area contributed by atoms with Gasteiger partial charge in [0, 0.05) is 9.92 Å². The zero-order valence-electron chi connectivity index (χ0n) is 13.1. The summed E-state index contributed by atoms with van der Waals surface area (Å²) in [4.78, 5) is 11.3. The van der Waals surface area contributed by atoms with Crippen molar-refractivity contribution in [3.05, 3.63) is 52.5 Å². The van der Waals surface area contributed by atoms with Crippen molar-refractivity contribution in [2.75, 3.05) is 5.75 Å². The molecule has 2 rings (SSSR count). The highest BCUT2D eigenvalue weighted by molar-refractivity contribution is 7.99. The van der Waals surface area contributed by atoms with E-state index in [0.717, 1.165) is 6.07 Å². The van der Waals surface area contributed by atoms with Gasteiger partial charge in [0.05, 0.1) is 12.0 Å². The van der Waals surface area contributed by atoms with Crippen LogP contribution in [-0.4, -0.2) is 16.8 Å². The van der Waals surface area contributed by atoms with Crippen molar-refractivity contribution in [2.24, 2.45) is 0 Å². The number of carboxylic acid groups (broad SMARTS) is 1. The van der Waals surface area contributed by atoms with Crippen LogP contribution in [0.5, 0.6) is 11.5 Å². The molecule has 3 nitrogen and oxygen atoms in total. The second-order valence-corrected chi connectivity index (χ2v) is 6.83. The van der Waals surface area contributed by atoms with Gasteiger partial charge < -0.3 is 9.84 Å². The summed E-state index contributed by atoms with van der Waals surface area (Å²) in [5, 5.41) is 9.02. The third-order valence-corrected chi connectivity index (χ3v) is 4.18. The van der Waals surface area contributed by atoms with E-state index in [-0.39, 0.29) is 22.9 Å². The van der Waals surface area contributed by atoms with Gasteiger partial charge >= 0.3 is 12.1 Å². The molecule has 0 aliphatic carbocycles. The van der Waals surface area contributed by atoms with Gasteiger partial charge in [0.2, 0.25) is 0 Å². The summed E-state index contributed by atoms with van der Waals surface area (Å²) in [5.41, 5.74) is -0.563. The van der Waals surface area contributed by atoms with E-state index >= 15 is 0 Å². The third-order valence-electron chi connectivity index (χ3n) is 3.08. The third kappa shape index (κ3) is 5.57. The predicted molar refractivity (Wildman–Crippen MR) is 90.7 cm³/mol. The summed E-state index contributed by atoms with van der Waals surface area (Å²) < 4.78 is 45.3. The molecule has 0 unspecified atom stereocenters. The molecular weight excluding hydrogens is 377 g/mol. The number of hydrogen-bond donors (Lipinski definition) is 1. The van der Waals surface area contributed by atoms with E-state index in [1.54, 1.807) is 6.07 Å². The van der Waals surface area contributed by atoms with Crippen LogP contribution in [0.15, 0.2) is 41.3 Å². The molecule has 0 aliphatic rings. The molecule has 0 atom stereocenters. The van der Waals surface area contributed by atoms with Gasteiger partial charge in [-0.1, -0.05) is 18.5 Å². The van der Waals surface area contributed by atoms with E-state index in [1.807, 2.05) is 6.92 Å². The lowest BCUT2D eigenvalue weighted by molar-refractivity contribution is -0.139. The van der Waals surface area contributed by atoms with E-state index in [9.17, 15) is 18.0 Å². The van der Waals surface area contributed by atoms with Gasteiger partial charge in [-0.2, -0.15) is 13.2 Å².